The molecule has 1 N–H and O–H groups in total. The smallest absolute Gasteiger partial charge is 0.410 e. The highest BCUT2D eigenvalue weighted by atomic mass is 16.6. The summed E-state index contributed by atoms with van der Waals surface area (Å²) in [4.78, 5) is 16.6. The molecule has 2 heterocycles. The number of piperidine rings is 2. The van der Waals surface area contributed by atoms with E-state index in [4.69, 9.17) is 4.74 Å². The van der Waals surface area contributed by atoms with Crippen LogP contribution in [-0.2, 0) is 11.3 Å². The van der Waals surface area contributed by atoms with Crippen LogP contribution in [0.3, 0.4) is 0 Å². The van der Waals surface area contributed by atoms with Crippen LogP contribution in [0.1, 0.15) is 33.3 Å². The summed E-state index contributed by atoms with van der Waals surface area (Å²) in [5, 5.41) is 11.0. The van der Waals surface area contributed by atoms with E-state index >= 15 is 0 Å². The number of aliphatic hydroxyl groups is 1. The molecule has 2 bridgehead atoms. The second kappa shape index (κ2) is 6.61. The molecule has 0 spiro atoms. The maximum Gasteiger partial charge on any atom is 0.410 e. The molecule has 2 saturated heterocycles. The van der Waals surface area contributed by atoms with Gasteiger partial charge in [-0.2, -0.15) is 0 Å². The summed E-state index contributed by atoms with van der Waals surface area (Å²) >= 11 is 0. The predicted molar refractivity (Wildman–Crippen MR) is 97.1 cm³/mol. The summed E-state index contributed by atoms with van der Waals surface area (Å²) in [7, 11) is 0. The van der Waals surface area contributed by atoms with Crippen LogP contribution < -0.4 is 0 Å². The molecule has 5 heteroatoms. The van der Waals surface area contributed by atoms with Crippen LogP contribution in [-0.4, -0.2) is 58.4 Å². The van der Waals surface area contributed by atoms with Gasteiger partial charge in [0.05, 0.1) is 5.60 Å². The number of fused-ring (bicyclic) bond motifs is 2. The number of nitrogens with zero attached hydrogens (tertiary/aromatic N) is 2. The van der Waals surface area contributed by atoms with Crippen molar-refractivity contribution in [1.29, 1.82) is 0 Å². The van der Waals surface area contributed by atoms with Gasteiger partial charge in [0.25, 0.3) is 0 Å². The van der Waals surface area contributed by atoms with E-state index in [0.29, 0.717) is 13.1 Å². The lowest BCUT2D eigenvalue weighted by atomic mass is 9.71. The van der Waals surface area contributed by atoms with Crippen LogP contribution in [0.15, 0.2) is 30.3 Å². The zero-order valence-electron chi connectivity index (χ0n) is 15.7. The normalized spacial score (nSPS) is 30.2. The highest BCUT2D eigenvalue weighted by Crippen LogP contribution is 2.38. The van der Waals surface area contributed by atoms with E-state index in [-0.39, 0.29) is 17.9 Å². The molecule has 25 heavy (non-hydrogen) atoms. The summed E-state index contributed by atoms with van der Waals surface area (Å²) in [6.07, 6.45) is -0.269. The molecule has 0 saturated carbocycles. The number of carbonyl (C=O) groups excluding carboxylic acids is 1. The first kappa shape index (κ1) is 18.2. The topological polar surface area (TPSA) is 53.0 Å². The third kappa shape index (κ3) is 4.15. The van der Waals surface area contributed by atoms with E-state index in [1.165, 1.54) is 5.56 Å². The largest absolute Gasteiger partial charge is 0.444 e. The molecule has 1 aromatic carbocycles. The molecule has 0 aromatic heterocycles. The lowest BCUT2D eigenvalue weighted by molar-refractivity contribution is -0.146. The first-order valence-electron chi connectivity index (χ1n) is 9.12. The Labute approximate surface area is 150 Å². The molecule has 138 valence electrons. The second-order valence-electron chi connectivity index (χ2n) is 8.68. The van der Waals surface area contributed by atoms with Crippen molar-refractivity contribution in [2.75, 3.05) is 26.2 Å². The number of amides is 1. The van der Waals surface area contributed by atoms with Gasteiger partial charge in [-0.25, -0.2) is 4.79 Å². The highest BCUT2D eigenvalue weighted by molar-refractivity contribution is 5.68. The van der Waals surface area contributed by atoms with Crippen LogP contribution in [0.25, 0.3) is 0 Å². The van der Waals surface area contributed by atoms with E-state index in [1.54, 1.807) is 4.90 Å². The molecule has 2 unspecified atom stereocenters. The van der Waals surface area contributed by atoms with Gasteiger partial charge in [-0.1, -0.05) is 30.3 Å². The highest BCUT2D eigenvalue weighted by Gasteiger charge is 2.50. The fraction of sp³-hybridized carbons (Fsp3) is 0.650. The Hall–Kier alpha value is -1.59. The van der Waals surface area contributed by atoms with Crippen molar-refractivity contribution < 1.29 is 14.6 Å². The van der Waals surface area contributed by atoms with Gasteiger partial charge in [0.15, 0.2) is 0 Å². The molecule has 2 fully saturated rings. The van der Waals surface area contributed by atoms with Crippen LogP contribution in [0.5, 0.6) is 0 Å². The van der Waals surface area contributed by atoms with E-state index in [9.17, 15) is 9.90 Å². The Bertz CT molecular complexity index is 591. The van der Waals surface area contributed by atoms with Gasteiger partial charge in [-0.3, -0.25) is 4.90 Å². The van der Waals surface area contributed by atoms with Crippen LogP contribution in [0, 0.1) is 11.8 Å². The molecule has 1 amide bonds. The lowest BCUT2D eigenvalue weighted by Gasteiger charge is -2.54. The van der Waals surface area contributed by atoms with E-state index < -0.39 is 11.2 Å². The van der Waals surface area contributed by atoms with E-state index in [1.807, 2.05) is 33.8 Å². The number of hydrogen-bond donors (Lipinski definition) is 1. The predicted octanol–water partition coefficient (Wildman–Crippen LogP) is 2.74. The molecule has 3 rings (SSSR count). The zero-order valence-corrected chi connectivity index (χ0v) is 15.7. The third-order valence-electron chi connectivity index (χ3n) is 5.39. The quantitative estimate of drug-likeness (QED) is 0.895. The van der Waals surface area contributed by atoms with Crippen molar-refractivity contribution in [1.82, 2.24) is 9.80 Å². The fourth-order valence-electron chi connectivity index (χ4n) is 3.94. The molecule has 1 aromatic rings. The van der Waals surface area contributed by atoms with Crippen LogP contribution >= 0.6 is 0 Å². The number of rotatable bonds is 2. The van der Waals surface area contributed by atoms with Gasteiger partial charge in [-0.15, -0.1) is 0 Å². The first-order chi connectivity index (χ1) is 11.6. The van der Waals surface area contributed by atoms with Crippen molar-refractivity contribution >= 4 is 6.09 Å². The summed E-state index contributed by atoms with van der Waals surface area (Å²) in [5.74, 6) is 0.0764. The van der Waals surface area contributed by atoms with Crippen molar-refractivity contribution in [2.45, 2.75) is 45.4 Å². The second-order valence-corrected chi connectivity index (χ2v) is 8.68. The van der Waals surface area contributed by atoms with Crippen molar-refractivity contribution in [3.05, 3.63) is 35.9 Å². The fourth-order valence-corrected chi connectivity index (χ4v) is 3.94. The number of likely N-dealkylation sites (tertiary alicyclic amines) is 2. The molecular weight excluding hydrogens is 316 g/mol. The molecule has 0 radical (unpaired) electrons. The molecule has 2 aliphatic heterocycles. The molecular formula is C20H30N2O3. The van der Waals surface area contributed by atoms with Crippen molar-refractivity contribution in [2.24, 2.45) is 11.8 Å². The maximum absolute atomic E-state index is 12.4. The Morgan fingerprint density at radius 3 is 2.24 bits per heavy atom. The van der Waals surface area contributed by atoms with Gasteiger partial charge in [0.2, 0.25) is 0 Å². The van der Waals surface area contributed by atoms with Crippen LogP contribution in [0.4, 0.5) is 4.79 Å². The summed E-state index contributed by atoms with van der Waals surface area (Å²) in [5.41, 5.74) is 0.0584. The molecule has 0 aliphatic carbocycles. The lowest BCUT2D eigenvalue weighted by Crippen LogP contribution is -2.66. The van der Waals surface area contributed by atoms with Gasteiger partial charge < -0.3 is 14.7 Å². The van der Waals surface area contributed by atoms with E-state index in [0.717, 1.165) is 19.6 Å². The van der Waals surface area contributed by atoms with Crippen molar-refractivity contribution in [3.8, 4) is 0 Å². The molecule has 2 aliphatic rings. The van der Waals surface area contributed by atoms with Crippen LogP contribution in [0.2, 0.25) is 0 Å². The Morgan fingerprint density at radius 1 is 1.16 bits per heavy atom. The number of benzene rings is 1. The van der Waals surface area contributed by atoms with Crippen molar-refractivity contribution in [3.63, 3.8) is 0 Å². The minimum absolute atomic E-state index is 0.0382. The Balaban J connectivity index is 1.68. The number of hydrogen-bond acceptors (Lipinski definition) is 4. The monoisotopic (exact) mass is 346 g/mol. The van der Waals surface area contributed by atoms with Gasteiger partial charge >= 0.3 is 6.09 Å². The minimum Gasteiger partial charge on any atom is -0.444 e. The number of ether oxygens (including phenoxy) is 1. The molecule has 5 nitrogen and oxygen atoms in total. The minimum atomic E-state index is -0.730. The molecule has 2 atom stereocenters. The first-order valence-corrected chi connectivity index (χ1v) is 9.12. The van der Waals surface area contributed by atoms with E-state index in [2.05, 4.69) is 29.2 Å². The summed E-state index contributed by atoms with van der Waals surface area (Å²) in [6.45, 7) is 11.1. The third-order valence-corrected chi connectivity index (χ3v) is 5.39. The van der Waals surface area contributed by atoms with Gasteiger partial charge in [0.1, 0.15) is 5.60 Å². The summed E-state index contributed by atoms with van der Waals surface area (Å²) < 4.78 is 5.52. The van der Waals surface area contributed by atoms with Gasteiger partial charge in [-0.05, 0) is 33.3 Å². The Kier molecular flexibility index (Phi) is 4.82. The summed E-state index contributed by atoms with van der Waals surface area (Å²) in [6, 6.07) is 10.4. The SMILES string of the molecule is CC(C)(C)OC(=O)N1CC2CN(Cc3ccccc3)CC(C1)C2(C)O. The van der Waals surface area contributed by atoms with Gasteiger partial charge in [0, 0.05) is 44.6 Å². The average molecular weight is 346 g/mol. The average Bonchev–Trinajstić information content (AvgIpc) is 2.47. The zero-order chi connectivity index (χ0) is 18.2. The number of carbonyl (C=O) groups is 1. The maximum atomic E-state index is 12.4. The Morgan fingerprint density at radius 2 is 1.72 bits per heavy atom. The standard InChI is InChI=1S/C20H30N2O3/c1-19(2,3)25-18(23)22-13-16-11-21(10-15-8-6-5-7-9-15)12-17(14-22)20(16,4)24/h5-9,16-17,24H,10-14H2,1-4H3.